The van der Waals surface area contributed by atoms with Crippen molar-refractivity contribution in [1.29, 1.82) is 0 Å². The number of piperazine rings is 1. The van der Waals surface area contributed by atoms with Crippen LogP contribution < -0.4 is 4.90 Å². The molecule has 0 aromatic heterocycles. The topological polar surface area (TPSA) is 98.3 Å². The van der Waals surface area contributed by atoms with Gasteiger partial charge in [-0.2, -0.15) is 4.31 Å². The third-order valence-electron chi connectivity index (χ3n) is 7.54. The van der Waals surface area contributed by atoms with Gasteiger partial charge in [0.15, 0.2) is 0 Å². The van der Waals surface area contributed by atoms with Gasteiger partial charge in [-0.3, -0.25) is 9.69 Å². The molecule has 3 aromatic carbocycles. The number of fused-ring (bicyclic) bond motifs is 1. The number of amides is 1. The number of hydrogen-bond acceptors (Lipinski definition) is 6. The fourth-order valence-corrected chi connectivity index (χ4v) is 7.54. The molecular formula is C29H34N4O5S2. The second-order valence-corrected chi connectivity index (χ2v) is 14.6. The molecule has 0 bridgehead atoms. The Kier molecular flexibility index (Phi) is 7.86. The number of carbonyl (C=O) groups excluding carboxylic acids is 1. The van der Waals surface area contributed by atoms with Crippen molar-refractivity contribution in [1.82, 2.24) is 13.5 Å². The van der Waals surface area contributed by atoms with Gasteiger partial charge in [-0.15, -0.1) is 0 Å². The summed E-state index contributed by atoms with van der Waals surface area (Å²) in [5.41, 5.74) is 4.14. The lowest BCUT2D eigenvalue weighted by molar-refractivity contribution is 0.0989. The average Bonchev–Trinajstić information content (AvgIpc) is 3.37. The monoisotopic (exact) mass is 582 g/mol. The van der Waals surface area contributed by atoms with Gasteiger partial charge in [-0.25, -0.2) is 21.1 Å². The maximum Gasteiger partial charge on any atom is 0.258 e. The zero-order valence-electron chi connectivity index (χ0n) is 22.9. The summed E-state index contributed by atoms with van der Waals surface area (Å²) in [4.78, 5) is 17.9. The van der Waals surface area contributed by atoms with Gasteiger partial charge in [0, 0.05) is 64.6 Å². The lowest BCUT2D eigenvalue weighted by Gasteiger charge is -2.34. The van der Waals surface area contributed by atoms with Crippen LogP contribution in [0.3, 0.4) is 0 Å². The molecule has 1 amide bonds. The summed E-state index contributed by atoms with van der Waals surface area (Å²) in [5, 5.41) is 0. The second-order valence-electron chi connectivity index (χ2n) is 10.5. The Hall–Kier alpha value is -3.09. The first-order chi connectivity index (χ1) is 19.0. The minimum Gasteiger partial charge on any atom is -0.308 e. The van der Waals surface area contributed by atoms with Gasteiger partial charge in [0.1, 0.15) is 0 Å². The normalized spacial score (nSPS) is 16.9. The van der Waals surface area contributed by atoms with Gasteiger partial charge in [0.2, 0.25) is 20.0 Å². The first kappa shape index (κ1) is 28.4. The number of hydrogen-bond donors (Lipinski definition) is 0. The minimum atomic E-state index is -3.55. The van der Waals surface area contributed by atoms with E-state index in [2.05, 4.69) is 4.90 Å². The first-order valence-electron chi connectivity index (χ1n) is 13.2. The van der Waals surface area contributed by atoms with Crippen molar-refractivity contribution < 1.29 is 21.6 Å². The van der Waals surface area contributed by atoms with Crippen LogP contribution in [0.2, 0.25) is 0 Å². The van der Waals surface area contributed by atoms with Gasteiger partial charge in [-0.05, 0) is 66.9 Å². The average molecular weight is 583 g/mol. The molecule has 40 heavy (non-hydrogen) atoms. The van der Waals surface area contributed by atoms with Crippen molar-refractivity contribution in [2.45, 2.75) is 29.7 Å². The van der Waals surface area contributed by atoms with Crippen LogP contribution in [0.1, 0.15) is 27.0 Å². The van der Waals surface area contributed by atoms with E-state index in [-0.39, 0.29) is 10.8 Å². The minimum absolute atomic E-state index is 0.127. The van der Waals surface area contributed by atoms with Crippen molar-refractivity contribution in [2.75, 3.05) is 51.7 Å². The van der Waals surface area contributed by atoms with E-state index in [0.29, 0.717) is 56.1 Å². The Bertz CT molecular complexity index is 1630. The maximum absolute atomic E-state index is 13.5. The summed E-state index contributed by atoms with van der Waals surface area (Å²) in [6.07, 6.45) is 0.591. The van der Waals surface area contributed by atoms with Gasteiger partial charge < -0.3 is 4.90 Å². The number of benzene rings is 3. The highest BCUT2D eigenvalue weighted by atomic mass is 32.2. The standard InChI is InChI=1S/C29H34N4O5S2/c1-22-7-9-26(10-8-22)40(37,38)32-17-15-31(16-18-32)21-23-5-4-6-25(19-23)29(34)33-14-13-24-20-27(11-12-28(24)33)39(35,36)30(2)3/h4-12,19-20H,13-18,21H2,1-3H3. The molecule has 0 unspecified atom stereocenters. The summed E-state index contributed by atoms with van der Waals surface area (Å²) < 4.78 is 53.8. The van der Waals surface area contributed by atoms with E-state index in [4.69, 9.17) is 0 Å². The van der Waals surface area contributed by atoms with Crippen molar-refractivity contribution in [3.05, 3.63) is 89.0 Å². The fraction of sp³-hybridized carbons (Fsp3) is 0.345. The molecule has 2 heterocycles. The molecule has 0 saturated carbocycles. The van der Waals surface area contributed by atoms with E-state index in [1.165, 1.54) is 22.7 Å². The molecule has 1 fully saturated rings. The molecule has 0 spiro atoms. The third kappa shape index (κ3) is 5.57. The molecule has 0 aliphatic carbocycles. The van der Waals surface area contributed by atoms with E-state index in [1.807, 2.05) is 37.3 Å². The fourth-order valence-electron chi connectivity index (χ4n) is 5.16. The van der Waals surface area contributed by atoms with Crippen molar-refractivity contribution in [3.63, 3.8) is 0 Å². The maximum atomic E-state index is 13.5. The Morgan fingerprint density at radius 2 is 1.50 bits per heavy atom. The molecular weight excluding hydrogens is 548 g/mol. The van der Waals surface area contributed by atoms with Crippen molar-refractivity contribution in [2.24, 2.45) is 0 Å². The zero-order valence-corrected chi connectivity index (χ0v) is 24.6. The van der Waals surface area contributed by atoms with Crippen LogP contribution in [0.15, 0.2) is 76.5 Å². The predicted octanol–water partition coefficient (Wildman–Crippen LogP) is 2.95. The zero-order chi connectivity index (χ0) is 28.7. The smallest absolute Gasteiger partial charge is 0.258 e. The molecule has 5 rings (SSSR count). The summed E-state index contributed by atoms with van der Waals surface area (Å²) in [6, 6.07) is 19.4. The molecule has 9 nitrogen and oxygen atoms in total. The predicted molar refractivity (Wildman–Crippen MR) is 154 cm³/mol. The Labute approximate surface area is 236 Å². The second kappa shape index (κ2) is 11.1. The molecule has 0 atom stereocenters. The van der Waals surface area contributed by atoms with Crippen LogP contribution in [-0.4, -0.2) is 83.1 Å². The molecule has 2 aliphatic heterocycles. The Morgan fingerprint density at radius 3 is 2.17 bits per heavy atom. The summed E-state index contributed by atoms with van der Waals surface area (Å²) in [7, 11) is -4.07. The van der Waals surface area contributed by atoms with Crippen LogP contribution in [-0.2, 0) is 33.0 Å². The van der Waals surface area contributed by atoms with Crippen molar-refractivity contribution >= 4 is 31.6 Å². The van der Waals surface area contributed by atoms with E-state index < -0.39 is 20.0 Å². The number of nitrogens with zero attached hydrogens (tertiary/aromatic N) is 4. The highest BCUT2D eigenvalue weighted by Gasteiger charge is 2.30. The summed E-state index contributed by atoms with van der Waals surface area (Å²) >= 11 is 0. The van der Waals surface area contributed by atoms with Gasteiger partial charge in [0.25, 0.3) is 5.91 Å². The molecule has 1 saturated heterocycles. The molecule has 11 heteroatoms. The van der Waals surface area contributed by atoms with Crippen LogP contribution in [0.25, 0.3) is 0 Å². The third-order valence-corrected chi connectivity index (χ3v) is 11.3. The first-order valence-corrected chi connectivity index (χ1v) is 16.1. The van der Waals surface area contributed by atoms with Crippen LogP contribution in [0.4, 0.5) is 5.69 Å². The van der Waals surface area contributed by atoms with Gasteiger partial charge >= 0.3 is 0 Å². The van der Waals surface area contributed by atoms with Crippen molar-refractivity contribution in [3.8, 4) is 0 Å². The van der Waals surface area contributed by atoms with E-state index >= 15 is 0 Å². The SMILES string of the molecule is Cc1ccc(S(=O)(=O)N2CCN(Cc3cccc(C(=O)N4CCc5cc(S(=O)(=O)N(C)C)ccc54)c3)CC2)cc1. The highest BCUT2D eigenvalue weighted by molar-refractivity contribution is 7.89. The highest BCUT2D eigenvalue weighted by Crippen LogP contribution is 2.32. The molecule has 2 aliphatic rings. The lowest BCUT2D eigenvalue weighted by Crippen LogP contribution is -2.48. The van der Waals surface area contributed by atoms with E-state index in [1.54, 1.807) is 41.3 Å². The van der Waals surface area contributed by atoms with Crippen LogP contribution in [0, 0.1) is 6.92 Å². The summed E-state index contributed by atoms with van der Waals surface area (Å²) in [5.74, 6) is -0.127. The Morgan fingerprint density at radius 1 is 0.825 bits per heavy atom. The number of anilines is 1. The Balaban J connectivity index is 1.24. The molecule has 0 radical (unpaired) electrons. The van der Waals surface area contributed by atoms with Gasteiger partial charge in [-0.1, -0.05) is 29.8 Å². The number of carbonyl (C=O) groups is 1. The van der Waals surface area contributed by atoms with E-state index in [9.17, 15) is 21.6 Å². The molecule has 212 valence electrons. The summed E-state index contributed by atoms with van der Waals surface area (Å²) in [6.45, 7) is 5.04. The quantitative estimate of drug-likeness (QED) is 0.425. The number of aryl methyl sites for hydroxylation is 1. The largest absolute Gasteiger partial charge is 0.308 e. The number of rotatable bonds is 7. The van der Waals surface area contributed by atoms with Crippen LogP contribution >= 0.6 is 0 Å². The number of sulfonamides is 2. The molecule has 3 aromatic rings. The van der Waals surface area contributed by atoms with Crippen LogP contribution in [0.5, 0.6) is 0 Å². The van der Waals surface area contributed by atoms with E-state index in [0.717, 1.165) is 22.4 Å². The molecule has 0 N–H and O–H groups in total. The lowest BCUT2D eigenvalue weighted by atomic mass is 10.1. The van der Waals surface area contributed by atoms with Gasteiger partial charge in [0.05, 0.1) is 9.79 Å².